The highest BCUT2D eigenvalue weighted by molar-refractivity contribution is 9.10. The molecule has 0 radical (unpaired) electrons. The number of rotatable bonds is 3. The maximum absolute atomic E-state index is 9.57. The summed E-state index contributed by atoms with van der Waals surface area (Å²) < 4.78 is 1.07. The fourth-order valence-corrected chi connectivity index (χ4v) is 2.85. The van der Waals surface area contributed by atoms with Crippen LogP contribution in [0.15, 0.2) is 22.7 Å². The van der Waals surface area contributed by atoms with Crippen LogP contribution in [0.2, 0.25) is 0 Å². The second-order valence-corrected chi connectivity index (χ2v) is 5.73. The van der Waals surface area contributed by atoms with Gasteiger partial charge in [0.25, 0.3) is 0 Å². The Morgan fingerprint density at radius 3 is 2.94 bits per heavy atom. The Kier molecular flexibility index (Phi) is 4.07. The van der Waals surface area contributed by atoms with Crippen LogP contribution in [0.1, 0.15) is 18.9 Å². The van der Waals surface area contributed by atoms with Gasteiger partial charge in [0, 0.05) is 23.2 Å². The first-order valence-electron chi connectivity index (χ1n) is 6.00. The van der Waals surface area contributed by atoms with Crippen LogP contribution in [0.3, 0.4) is 0 Å². The Bertz CT molecular complexity index is 395. The molecule has 0 saturated carbocycles. The number of aliphatic hydroxyl groups excluding tert-OH is 1. The number of aliphatic hydroxyl groups is 1. The number of nitrogens with two attached hydrogens (primary N) is 1. The fraction of sp³-hybridized carbons (Fsp3) is 0.538. The molecule has 0 bridgehead atoms. The smallest absolute Gasteiger partial charge is 0.0552 e. The van der Waals surface area contributed by atoms with Crippen molar-refractivity contribution in [1.29, 1.82) is 0 Å². The Hall–Kier alpha value is -0.580. The highest BCUT2D eigenvalue weighted by Crippen LogP contribution is 2.25. The quantitative estimate of drug-likeness (QED) is 0.842. The normalized spacial score (nSPS) is 22.9. The molecule has 2 unspecified atom stereocenters. The van der Waals surface area contributed by atoms with Crippen molar-refractivity contribution >= 4 is 21.6 Å². The largest absolute Gasteiger partial charge is 0.399 e. The van der Waals surface area contributed by atoms with Crippen molar-refractivity contribution < 1.29 is 5.11 Å². The minimum absolute atomic E-state index is 0.199. The van der Waals surface area contributed by atoms with Gasteiger partial charge in [-0.25, -0.2) is 0 Å². The third-order valence-electron chi connectivity index (χ3n) is 3.46. The standard InChI is InChI=1S/C13H19BrN2O/c1-9(17)10-4-5-16(7-10)8-11-2-3-12(15)6-13(11)14/h2-3,6,9-10,17H,4-5,7-8,15H2,1H3. The lowest BCUT2D eigenvalue weighted by atomic mass is 10.0. The van der Waals surface area contributed by atoms with Gasteiger partial charge in [-0.1, -0.05) is 22.0 Å². The SMILES string of the molecule is CC(O)C1CCN(Cc2ccc(N)cc2Br)C1. The van der Waals surface area contributed by atoms with E-state index in [1.54, 1.807) is 0 Å². The van der Waals surface area contributed by atoms with Crippen molar-refractivity contribution in [3.8, 4) is 0 Å². The van der Waals surface area contributed by atoms with Crippen molar-refractivity contribution in [2.75, 3.05) is 18.8 Å². The van der Waals surface area contributed by atoms with E-state index in [0.717, 1.165) is 36.2 Å². The number of benzene rings is 1. The molecule has 94 valence electrons. The first kappa shape index (κ1) is 12.9. The zero-order chi connectivity index (χ0) is 12.4. The second-order valence-electron chi connectivity index (χ2n) is 4.88. The van der Waals surface area contributed by atoms with Crippen LogP contribution in [-0.4, -0.2) is 29.2 Å². The van der Waals surface area contributed by atoms with Gasteiger partial charge in [-0.3, -0.25) is 4.90 Å². The summed E-state index contributed by atoms with van der Waals surface area (Å²) >= 11 is 3.54. The molecular weight excluding hydrogens is 280 g/mol. The average molecular weight is 299 g/mol. The van der Waals surface area contributed by atoms with Gasteiger partial charge >= 0.3 is 0 Å². The number of hydrogen-bond acceptors (Lipinski definition) is 3. The van der Waals surface area contributed by atoms with Gasteiger partial charge in [0.05, 0.1) is 6.10 Å². The van der Waals surface area contributed by atoms with Crippen molar-refractivity contribution in [3.63, 3.8) is 0 Å². The van der Waals surface area contributed by atoms with E-state index >= 15 is 0 Å². The summed E-state index contributed by atoms with van der Waals surface area (Å²) in [6, 6.07) is 5.94. The number of nitrogen functional groups attached to an aromatic ring is 1. The third-order valence-corrected chi connectivity index (χ3v) is 4.20. The molecule has 1 aliphatic rings. The molecule has 1 aromatic carbocycles. The van der Waals surface area contributed by atoms with Gasteiger partial charge in [0.2, 0.25) is 0 Å². The third kappa shape index (κ3) is 3.21. The number of hydrogen-bond donors (Lipinski definition) is 2. The first-order chi connectivity index (χ1) is 8.06. The second kappa shape index (κ2) is 5.38. The molecule has 17 heavy (non-hydrogen) atoms. The lowest BCUT2D eigenvalue weighted by Gasteiger charge is -2.18. The molecule has 1 aliphatic heterocycles. The molecule has 3 nitrogen and oxygen atoms in total. The molecule has 0 aromatic heterocycles. The van der Waals surface area contributed by atoms with E-state index in [0.29, 0.717) is 5.92 Å². The fourth-order valence-electron chi connectivity index (χ4n) is 2.33. The summed E-state index contributed by atoms with van der Waals surface area (Å²) in [5.74, 6) is 0.419. The molecule has 1 fully saturated rings. The van der Waals surface area contributed by atoms with E-state index in [1.165, 1.54) is 5.56 Å². The Labute approximate surface area is 111 Å². The molecule has 2 rings (SSSR count). The van der Waals surface area contributed by atoms with Crippen molar-refractivity contribution in [1.82, 2.24) is 4.90 Å². The number of anilines is 1. The lowest BCUT2D eigenvalue weighted by molar-refractivity contribution is 0.127. The Morgan fingerprint density at radius 1 is 1.59 bits per heavy atom. The molecule has 4 heteroatoms. The maximum Gasteiger partial charge on any atom is 0.0552 e. The van der Waals surface area contributed by atoms with Crippen LogP contribution >= 0.6 is 15.9 Å². The topological polar surface area (TPSA) is 49.5 Å². The van der Waals surface area contributed by atoms with E-state index in [1.807, 2.05) is 19.1 Å². The van der Waals surface area contributed by atoms with Gasteiger partial charge in [0.15, 0.2) is 0 Å². The van der Waals surface area contributed by atoms with Crippen LogP contribution in [0.4, 0.5) is 5.69 Å². The highest BCUT2D eigenvalue weighted by atomic mass is 79.9. The number of halogens is 1. The van der Waals surface area contributed by atoms with Crippen LogP contribution in [-0.2, 0) is 6.54 Å². The highest BCUT2D eigenvalue weighted by Gasteiger charge is 2.26. The summed E-state index contributed by atoms with van der Waals surface area (Å²) in [6.45, 7) is 4.85. The molecule has 1 heterocycles. The summed E-state index contributed by atoms with van der Waals surface area (Å²) in [5.41, 5.74) is 7.76. The Morgan fingerprint density at radius 2 is 2.35 bits per heavy atom. The van der Waals surface area contributed by atoms with Gasteiger partial charge in [-0.15, -0.1) is 0 Å². The molecule has 0 aliphatic carbocycles. The van der Waals surface area contributed by atoms with Crippen LogP contribution in [0.5, 0.6) is 0 Å². The summed E-state index contributed by atoms with van der Waals surface area (Å²) in [6.07, 6.45) is 0.888. The molecule has 0 spiro atoms. The summed E-state index contributed by atoms with van der Waals surface area (Å²) in [4.78, 5) is 2.38. The molecule has 2 atom stereocenters. The molecule has 1 aromatic rings. The maximum atomic E-state index is 9.57. The van der Waals surface area contributed by atoms with Gasteiger partial charge in [-0.05, 0) is 43.5 Å². The molecule has 3 N–H and O–H groups in total. The predicted molar refractivity (Wildman–Crippen MR) is 73.6 cm³/mol. The molecular formula is C13H19BrN2O. The molecule has 1 saturated heterocycles. The van der Waals surface area contributed by atoms with Crippen LogP contribution in [0.25, 0.3) is 0 Å². The van der Waals surface area contributed by atoms with Crippen molar-refractivity contribution in [2.45, 2.75) is 26.0 Å². The average Bonchev–Trinajstić information content (AvgIpc) is 2.71. The minimum atomic E-state index is -0.199. The zero-order valence-corrected chi connectivity index (χ0v) is 11.7. The molecule has 0 amide bonds. The van der Waals surface area contributed by atoms with Crippen LogP contribution < -0.4 is 5.73 Å². The number of likely N-dealkylation sites (tertiary alicyclic amines) is 1. The van der Waals surface area contributed by atoms with Gasteiger partial charge < -0.3 is 10.8 Å². The van der Waals surface area contributed by atoms with Gasteiger partial charge in [-0.2, -0.15) is 0 Å². The minimum Gasteiger partial charge on any atom is -0.399 e. The van der Waals surface area contributed by atoms with Crippen molar-refractivity contribution in [2.24, 2.45) is 5.92 Å². The first-order valence-corrected chi connectivity index (χ1v) is 6.80. The Balaban J connectivity index is 1.98. The lowest BCUT2D eigenvalue weighted by Crippen LogP contribution is -2.24. The van der Waals surface area contributed by atoms with E-state index in [2.05, 4.69) is 26.9 Å². The summed E-state index contributed by atoms with van der Waals surface area (Å²) in [7, 11) is 0. The van der Waals surface area contributed by atoms with Gasteiger partial charge in [0.1, 0.15) is 0 Å². The van der Waals surface area contributed by atoms with Crippen LogP contribution in [0, 0.1) is 5.92 Å². The summed E-state index contributed by atoms with van der Waals surface area (Å²) in [5, 5.41) is 9.57. The monoisotopic (exact) mass is 298 g/mol. The van der Waals surface area contributed by atoms with E-state index in [-0.39, 0.29) is 6.10 Å². The zero-order valence-electron chi connectivity index (χ0n) is 10.1. The van der Waals surface area contributed by atoms with E-state index in [4.69, 9.17) is 5.73 Å². The number of nitrogens with zero attached hydrogens (tertiary/aromatic N) is 1. The predicted octanol–water partition coefficient (Wildman–Crippen LogP) is 2.23. The van der Waals surface area contributed by atoms with Crippen molar-refractivity contribution in [3.05, 3.63) is 28.2 Å². The van der Waals surface area contributed by atoms with E-state index < -0.39 is 0 Å². The van der Waals surface area contributed by atoms with E-state index in [9.17, 15) is 5.11 Å².